The van der Waals surface area contributed by atoms with Crippen molar-refractivity contribution < 1.29 is 18.2 Å². The van der Waals surface area contributed by atoms with E-state index in [1.54, 1.807) is 11.3 Å². The molecule has 0 bridgehead atoms. The van der Waals surface area contributed by atoms with E-state index in [4.69, 9.17) is 5.73 Å². The molecule has 0 amide bonds. The van der Waals surface area contributed by atoms with Crippen molar-refractivity contribution >= 4 is 27.8 Å². The number of alkyl halides is 3. The molecule has 22 heavy (non-hydrogen) atoms. The van der Waals surface area contributed by atoms with Gasteiger partial charge in [0.15, 0.2) is 0 Å². The third-order valence-corrected chi connectivity index (χ3v) is 4.96. The third kappa shape index (κ3) is 3.00. The molecule has 0 saturated heterocycles. The summed E-state index contributed by atoms with van der Waals surface area (Å²) < 4.78 is 38.1. The highest BCUT2D eigenvalue weighted by Gasteiger charge is 2.31. The molecule has 3 rings (SSSR count). The smallest absolute Gasteiger partial charge is 0.278 e. The second-order valence-corrected chi connectivity index (χ2v) is 6.64. The predicted molar refractivity (Wildman–Crippen MR) is 82.0 cm³/mol. The summed E-state index contributed by atoms with van der Waals surface area (Å²) in [5, 5.41) is 4.42. The zero-order valence-electron chi connectivity index (χ0n) is 11.2. The lowest BCUT2D eigenvalue weighted by molar-refractivity contribution is -0.367. The van der Waals surface area contributed by atoms with Crippen LogP contribution >= 0.6 is 22.7 Å². The Morgan fingerprint density at radius 1 is 1.05 bits per heavy atom. The number of thiophene rings is 1. The molecule has 1 aromatic carbocycles. The van der Waals surface area contributed by atoms with E-state index in [1.165, 1.54) is 23.5 Å². The summed E-state index contributed by atoms with van der Waals surface area (Å²) in [7, 11) is 0. The fraction of sp³-hybridized carbons (Fsp3) is 0.133. The first kappa shape index (κ1) is 15.1. The van der Waals surface area contributed by atoms with Crippen molar-refractivity contribution in [3.05, 3.63) is 68.9 Å². The predicted octanol–water partition coefficient (Wildman–Crippen LogP) is 4.40. The Morgan fingerprint density at radius 3 is 2.27 bits per heavy atom. The molecule has 2 aromatic heterocycles. The summed E-state index contributed by atoms with van der Waals surface area (Å²) in [6.45, 7) is 0. The Morgan fingerprint density at radius 2 is 1.77 bits per heavy atom. The van der Waals surface area contributed by atoms with Gasteiger partial charge >= 0.3 is 11.3 Å². The van der Waals surface area contributed by atoms with E-state index in [-0.39, 0.29) is 5.92 Å². The van der Waals surface area contributed by atoms with Crippen LogP contribution in [0.25, 0.3) is 0 Å². The van der Waals surface area contributed by atoms with Crippen molar-refractivity contribution in [2.75, 3.05) is 5.73 Å². The minimum Gasteiger partial charge on any atom is -0.278 e. The molecular formula is C15H12F3N2S2+. The van der Waals surface area contributed by atoms with E-state index in [9.17, 15) is 13.2 Å². The van der Waals surface area contributed by atoms with Gasteiger partial charge in [-0.2, -0.15) is 13.2 Å². The molecule has 1 atom stereocenters. The van der Waals surface area contributed by atoms with Crippen molar-refractivity contribution in [1.82, 2.24) is 0 Å². The van der Waals surface area contributed by atoms with Gasteiger partial charge in [0.05, 0.1) is 11.5 Å². The molecular weight excluding hydrogens is 329 g/mol. The first-order valence-electron chi connectivity index (χ1n) is 6.42. The minimum atomic E-state index is -4.32. The topological polar surface area (TPSA) is 40.2 Å². The van der Waals surface area contributed by atoms with Crippen LogP contribution in [-0.4, -0.2) is 0 Å². The van der Waals surface area contributed by atoms with Crippen LogP contribution in [-0.2, 0) is 6.18 Å². The van der Waals surface area contributed by atoms with Gasteiger partial charge in [-0.3, -0.25) is 5.73 Å². The molecule has 0 aliphatic rings. The van der Waals surface area contributed by atoms with Crippen LogP contribution in [0.2, 0.25) is 0 Å². The Hall–Kier alpha value is -1.86. The molecule has 114 valence electrons. The lowest BCUT2D eigenvalue weighted by Crippen LogP contribution is -2.15. The monoisotopic (exact) mass is 341 g/mol. The second-order valence-electron chi connectivity index (χ2n) is 4.75. The number of anilines is 1. The van der Waals surface area contributed by atoms with Crippen LogP contribution in [0.1, 0.15) is 27.6 Å². The van der Waals surface area contributed by atoms with Crippen molar-refractivity contribution in [2.24, 2.45) is 0 Å². The van der Waals surface area contributed by atoms with Gasteiger partial charge in [-0.1, -0.05) is 29.5 Å². The molecule has 2 nitrogen and oxygen atoms in total. The highest BCUT2D eigenvalue weighted by Crippen LogP contribution is 2.36. The summed E-state index contributed by atoms with van der Waals surface area (Å²) in [4.78, 5) is 4.14. The summed E-state index contributed by atoms with van der Waals surface area (Å²) in [5.74, 6) is -0.143. The van der Waals surface area contributed by atoms with Gasteiger partial charge in [0.2, 0.25) is 0 Å². The summed E-state index contributed by atoms with van der Waals surface area (Å²) >= 11 is 2.94. The first-order chi connectivity index (χ1) is 10.4. The number of aromatic amines is 1. The van der Waals surface area contributed by atoms with Crippen molar-refractivity contribution in [1.29, 1.82) is 0 Å². The molecule has 0 aliphatic carbocycles. The molecule has 0 radical (unpaired) electrons. The minimum absolute atomic E-state index is 0.143. The first-order valence-corrected chi connectivity index (χ1v) is 8.18. The number of nitrogens with two attached hydrogens (primary N) is 1. The van der Waals surface area contributed by atoms with Gasteiger partial charge in [0.1, 0.15) is 5.69 Å². The Balaban J connectivity index is 2.03. The maximum absolute atomic E-state index is 12.7. The van der Waals surface area contributed by atoms with E-state index in [0.29, 0.717) is 5.13 Å². The van der Waals surface area contributed by atoms with Gasteiger partial charge in [-0.15, -0.1) is 11.3 Å². The van der Waals surface area contributed by atoms with Crippen molar-refractivity contribution in [3.8, 4) is 0 Å². The number of benzene rings is 1. The van der Waals surface area contributed by atoms with Crippen LogP contribution in [0.4, 0.5) is 18.3 Å². The van der Waals surface area contributed by atoms with Gasteiger partial charge in [0, 0.05) is 10.3 Å². The molecule has 1 unspecified atom stereocenters. The summed E-state index contributed by atoms with van der Waals surface area (Å²) in [5.41, 5.74) is 6.78. The molecule has 0 fully saturated rings. The molecule has 0 spiro atoms. The van der Waals surface area contributed by atoms with Crippen LogP contribution in [0.3, 0.4) is 0 Å². The zero-order valence-corrected chi connectivity index (χ0v) is 12.9. The fourth-order valence-electron chi connectivity index (χ4n) is 2.29. The zero-order chi connectivity index (χ0) is 15.7. The highest BCUT2D eigenvalue weighted by atomic mass is 32.1. The van der Waals surface area contributed by atoms with Crippen LogP contribution in [0, 0.1) is 0 Å². The largest absolute Gasteiger partial charge is 0.416 e. The van der Waals surface area contributed by atoms with E-state index < -0.39 is 11.7 Å². The SMILES string of the molecule is Nc1[nH+]c(C(c2ccc(C(F)(F)F)cc2)c2cccs2)cs1. The van der Waals surface area contributed by atoms with E-state index in [0.717, 1.165) is 28.3 Å². The van der Waals surface area contributed by atoms with Gasteiger partial charge in [0.25, 0.3) is 0 Å². The molecule has 0 aliphatic heterocycles. The lowest BCUT2D eigenvalue weighted by atomic mass is 9.94. The highest BCUT2D eigenvalue weighted by molar-refractivity contribution is 7.13. The van der Waals surface area contributed by atoms with Crippen molar-refractivity contribution in [2.45, 2.75) is 12.1 Å². The van der Waals surface area contributed by atoms with Gasteiger partial charge < -0.3 is 0 Å². The number of nitrogen functional groups attached to an aromatic ring is 1. The Kier molecular flexibility index (Phi) is 3.92. The number of hydrogen-bond donors (Lipinski definition) is 1. The Bertz CT molecular complexity index is 746. The molecule has 0 saturated carbocycles. The van der Waals surface area contributed by atoms with Gasteiger partial charge in [-0.25, -0.2) is 4.98 Å². The van der Waals surface area contributed by atoms with Crippen LogP contribution in [0.15, 0.2) is 47.2 Å². The Labute approximate surface area is 133 Å². The number of H-pyrrole nitrogens is 1. The van der Waals surface area contributed by atoms with Gasteiger partial charge in [-0.05, 0) is 29.1 Å². The number of aromatic nitrogens is 1. The number of hydrogen-bond acceptors (Lipinski definition) is 3. The average Bonchev–Trinajstić information content (AvgIpc) is 3.11. The number of halogens is 3. The van der Waals surface area contributed by atoms with E-state index in [2.05, 4.69) is 4.98 Å². The average molecular weight is 341 g/mol. The summed E-state index contributed by atoms with van der Waals surface area (Å²) in [6, 6.07) is 9.17. The van der Waals surface area contributed by atoms with E-state index in [1.807, 2.05) is 22.9 Å². The fourth-order valence-corrected chi connectivity index (χ4v) is 3.78. The maximum Gasteiger partial charge on any atom is 0.416 e. The van der Waals surface area contributed by atoms with E-state index >= 15 is 0 Å². The lowest BCUT2D eigenvalue weighted by Gasteiger charge is -2.14. The molecule has 7 heteroatoms. The third-order valence-electron chi connectivity index (χ3n) is 3.29. The quantitative estimate of drug-likeness (QED) is 0.753. The van der Waals surface area contributed by atoms with Crippen molar-refractivity contribution in [3.63, 3.8) is 0 Å². The molecule has 3 N–H and O–H groups in total. The van der Waals surface area contributed by atoms with Crippen LogP contribution < -0.4 is 10.7 Å². The normalized spacial score (nSPS) is 13.2. The number of thiazole rings is 1. The number of nitrogens with one attached hydrogen (secondary N) is 1. The summed E-state index contributed by atoms with van der Waals surface area (Å²) in [6.07, 6.45) is -4.32. The second kappa shape index (κ2) is 5.73. The van der Waals surface area contributed by atoms with Crippen LogP contribution in [0.5, 0.6) is 0 Å². The standard InChI is InChI=1S/C15H11F3N2S2/c16-15(17,18)10-5-3-9(4-6-10)13(12-2-1-7-21-12)11-8-22-14(19)20-11/h1-8,13H,(H2,19,20)/p+1. The molecule has 3 aromatic rings. The molecule has 2 heterocycles. The maximum atomic E-state index is 12.7. The number of rotatable bonds is 3.